The van der Waals surface area contributed by atoms with Crippen LogP contribution in [-0.2, 0) is 10.0 Å². The lowest BCUT2D eigenvalue weighted by atomic mass is 10.0. The molecule has 2 aromatic rings. The van der Waals surface area contributed by atoms with Crippen molar-refractivity contribution >= 4 is 26.7 Å². The maximum atomic E-state index is 12.7. The van der Waals surface area contributed by atoms with E-state index in [1.54, 1.807) is 34.6 Å². The van der Waals surface area contributed by atoms with Crippen LogP contribution < -0.4 is 5.73 Å². The van der Waals surface area contributed by atoms with Crippen LogP contribution in [0.2, 0.25) is 0 Å². The first-order valence-corrected chi connectivity index (χ1v) is 8.57. The predicted octanol–water partition coefficient (Wildman–Crippen LogP) is 2.24. The van der Waals surface area contributed by atoms with Crippen LogP contribution in [-0.4, -0.2) is 30.8 Å². The number of pyridine rings is 1. The zero-order chi connectivity index (χ0) is 15.0. The fourth-order valence-corrected chi connectivity index (χ4v) is 4.43. The molecule has 2 heterocycles. The summed E-state index contributed by atoms with van der Waals surface area (Å²) < 4.78 is 27.0. The molecule has 1 aliphatic rings. The zero-order valence-corrected chi connectivity index (χ0v) is 12.8. The fourth-order valence-electron chi connectivity index (χ4n) is 2.79. The van der Waals surface area contributed by atoms with Crippen LogP contribution in [0.15, 0.2) is 35.2 Å². The lowest BCUT2D eigenvalue weighted by Gasteiger charge is -2.30. The average molecular weight is 305 g/mol. The Labute approximate surface area is 124 Å². The molecule has 0 bridgehead atoms. The van der Waals surface area contributed by atoms with E-state index < -0.39 is 10.0 Å². The highest BCUT2D eigenvalue weighted by Crippen LogP contribution is 2.25. The second-order valence-electron chi connectivity index (χ2n) is 5.70. The van der Waals surface area contributed by atoms with Crippen LogP contribution in [0.3, 0.4) is 0 Å². The number of aromatic nitrogens is 1. The molecule has 1 fully saturated rings. The Balaban J connectivity index is 2.00. The Morgan fingerprint density at radius 1 is 1.29 bits per heavy atom. The Kier molecular flexibility index (Phi) is 3.59. The number of nitrogens with two attached hydrogens (primary N) is 1. The fraction of sp³-hybridized carbons (Fsp3) is 0.400. The van der Waals surface area contributed by atoms with Crippen molar-refractivity contribution in [2.75, 3.05) is 18.8 Å². The van der Waals surface area contributed by atoms with Gasteiger partial charge in [-0.2, -0.15) is 4.31 Å². The Bertz CT molecular complexity index is 774. The Hall–Kier alpha value is -1.66. The van der Waals surface area contributed by atoms with Crippen LogP contribution in [0.5, 0.6) is 0 Å². The predicted molar refractivity (Wildman–Crippen MR) is 83.3 cm³/mol. The van der Waals surface area contributed by atoms with Gasteiger partial charge in [0.2, 0.25) is 10.0 Å². The summed E-state index contributed by atoms with van der Waals surface area (Å²) in [5.41, 5.74) is 6.35. The quantitative estimate of drug-likeness (QED) is 0.923. The summed E-state index contributed by atoms with van der Waals surface area (Å²) in [6, 6.07) is 8.49. The third-order valence-electron chi connectivity index (χ3n) is 3.94. The Morgan fingerprint density at radius 3 is 2.86 bits per heavy atom. The normalized spacial score (nSPS) is 20.7. The van der Waals surface area contributed by atoms with Gasteiger partial charge in [-0.3, -0.25) is 0 Å². The first kappa shape index (κ1) is 14.3. The number of hydrogen-bond acceptors (Lipinski definition) is 4. The Morgan fingerprint density at radius 2 is 2.10 bits per heavy atom. The molecule has 1 aromatic carbocycles. The van der Waals surface area contributed by atoms with Gasteiger partial charge in [0.1, 0.15) is 5.82 Å². The van der Waals surface area contributed by atoms with E-state index in [2.05, 4.69) is 11.9 Å². The minimum atomic E-state index is -3.42. The van der Waals surface area contributed by atoms with Crippen LogP contribution in [0.25, 0.3) is 10.9 Å². The molecule has 6 heteroatoms. The summed E-state index contributed by atoms with van der Waals surface area (Å²) in [4.78, 5) is 4.52. The van der Waals surface area contributed by atoms with Gasteiger partial charge in [0.05, 0.1) is 10.4 Å². The van der Waals surface area contributed by atoms with Crippen molar-refractivity contribution in [3.8, 4) is 0 Å². The molecule has 0 spiro atoms. The second-order valence-corrected chi connectivity index (χ2v) is 7.64. The average Bonchev–Trinajstić information content (AvgIpc) is 2.46. The molecule has 112 valence electrons. The summed E-state index contributed by atoms with van der Waals surface area (Å²) in [6.45, 7) is 3.29. The molecule has 1 saturated heterocycles. The van der Waals surface area contributed by atoms with E-state index in [0.29, 0.717) is 35.2 Å². The van der Waals surface area contributed by atoms with Gasteiger partial charge < -0.3 is 5.73 Å². The topological polar surface area (TPSA) is 76.3 Å². The molecule has 0 saturated carbocycles. The summed E-state index contributed by atoms with van der Waals surface area (Å²) >= 11 is 0. The van der Waals surface area contributed by atoms with Crippen LogP contribution in [0.4, 0.5) is 5.82 Å². The standard InChI is InChI=1S/C15H19N3O2S/c1-11-3-2-8-18(10-11)21(19,20)13-5-6-14-12(9-13)4-7-15(16)17-14/h4-7,9,11H,2-3,8,10H2,1H3,(H2,16,17). The summed E-state index contributed by atoms with van der Waals surface area (Å²) in [5, 5.41) is 0.787. The lowest BCUT2D eigenvalue weighted by Crippen LogP contribution is -2.39. The van der Waals surface area contributed by atoms with Gasteiger partial charge in [-0.25, -0.2) is 13.4 Å². The number of fused-ring (bicyclic) bond motifs is 1. The highest BCUT2D eigenvalue weighted by molar-refractivity contribution is 7.89. The molecule has 5 nitrogen and oxygen atoms in total. The van der Waals surface area contributed by atoms with Gasteiger partial charge in [-0.05, 0) is 49.1 Å². The maximum absolute atomic E-state index is 12.7. The van der Waals surface area contributed by atoms with E-state index in [0.717, 1.165) is 18.2 Å². The molecular formula is C15H19N3O2S. The van der Waals surface area contributed by atoms with Crippen LogP contribution in [0, 0.1) is 5.92 Å². The highest BCUT2D eigenvalue weighted by atomic mass is 32.2. The van der Waals surface area contributed by atoms with Crippen molar-refractivity contribution in [1.82, 2.24) is 9.29 Å². The molecule has 0 radical (unpaired) electrons. The third-order valence-corrected chi connectivity index (χ3v) is 5.80. The second kappa shape index (κ2) is 5.27. The highest BCUT2D eigenvalue weighted by Gasteiger charge is 2.28. The number of hydrogen-bond donors (Lipinski definition) is 1. The van der Waals surface area contributed by atoms with Gasteiger partial charge >= 0.3 is 0 Å². The molecule has 1 unspecified atom stereocenters. The van der Waals surface area contributed by atoms with Gasteiger partial charge in [-0.15, -0.1) is 0 Å². The summed E-state index contributed by atoms with van der Waals surface area (Å²) in [7, 11) is -3.42. The summed E-state index contributed by atoms with van der Waals surface area (Å²) in [5.74, 6) is 0.846. The molecule has 0 amide bonds. The maximum Gasteiger partial charge on any atom is 0.243 e. The number of benzene rings is 1. The smallest absolute Gasteiger partial charge is 0.243 e. The van der Waals surface area contributed by atoms with Crippen molar-refractivity contribution in [2.24, 2.45) is 5.92 Å². The first-order valence-electron chi connectivity index (χ1n) is 7.13. The van der Waals surface area contributed by atoms with E-state index in [4.69, 9.17) is 5.73 Å². The molecule has 1 aromatic heterocycles. The lowest BCUT2D eigenvalue weighted by molar-refractivity contribution is 0.281. The minimum Gasteiger partial charge on any atom is -0.384 e. The van der Waals surface area contributed by atoms with Gasteiger partial charge in [0.25, 0.3) is 0 Å². The number of rotatable bonds is 2. The molecular weight excluding hydrogens is 286 g/mol. The number of nitrogens with zero attached hydrogens (tertiary/aromatic N) is 2. The number of piperidine rings is 1. The largest absolute Gasteiger partial charge is 0.384 e. The minimum absolute atomic E-state index is 0.329. The molecule has 21 heavy (non-hydrogen) atoms. The van der Waals surface area contributed by atoms with Gasteiger partial charge in [0.15, 0.2) is 0 Å². The van der Waals surface area contributed by atoms with E-state index >= 15 is 0 Å². The number of nitrogen functional groups attached to an aromatic ring is 1. The van der Waals surface area contributed by atoms with E-state index in [9.17, 15) is 8.42 Å². The van der Waals surface area contributed by atoms with Gasteiger partial charge in [-0.1, -0.05) is 6.92 Å². The van der Waals surface area contributed by atoms with Crippen molar-refractivity contribution < 1.29 is 8.42 Å². The molecule has 1 atom stereocenters. The number of sulfonamides is 1. The van der Waals surface area contributed by atoms with Crippen LogP contribution >= 0.6 is 0 Å². The summed E-state index contributed by atoms with van der Waals surface area (Å²) in [6.07, 6.45) is 2.01. The monoisotopic (exact) mass is 305 g/mol. The third kappa shape index (κ3) is 2.73. The molecule has 2 N–H and O–H groups in total. The van der Waals surface area contributed by atoms with E-state index in [-0.39, 0.29) is 0 Å². The first-order chi connectivity index (χ1) is 9.96. The number of anilines is 1. The molecule has 3 rings (SSSR count). The van der Waals surface area contributed by atoms with E-state index in [1.165, 1.54) is 0 Å². The van der Waals surface area contributed by atoms with E-state index in [1.807, 2.05) is 0 Å². The van der Waals surface area contributed by atoms with Crippen molar-refractivity contribution in [2.45, 2.75) is 24.7 Å². The van der Waals surface area contributed by atoms with Crippen LogP contribution in [0.1, 0.15) is 19.8 Å². The SMILES string of the molecule is CC1CCCN(S(=O)(=O)c2ccc3nc(N)ccc3c2)C1. The molecule has 0 aliphatic carbocycles. The molecule has 1 aliphatic heterocycles. The zero-order valence-electron chi connectivity index (χ0n) is 12.0. The van der Waals surface area contributed by atoms with Gasteiger partial charge in [0, 0.05) is 18.5 Å². The van der Waals surface area contributed by atoms with Crippen molar-refractivity contribution in [3.63, 3.8) is 0 Å². The van der Waals surface area contributed by atoms with Crippen molar-refractivity contribution in [1.29, 1.82) is 0 Å². The van der Waals surface area contributed by atoms with Crippen molar-refractivity contribution in [3.05, 3.63) is 30.3 Å².